The van der Waals surface area contributed by atoms with E-state index >= 15 is 0 Å². The molecule has 0 bridgehead atoms. The highest BCUT2D eigenvalue weighted by molar-refractivity contribution is 5.42. The fourth-order valence-corrected chi connectivity index (χ4v) is 3.05. The summed E-state index contributed by atoms with van der Waals surface area (Å²) in [5, 5.41) is 0. The lowest BCUT2D eigenvalue weighted by atomic mass is 9.77. The summed E-state index contributed by atoms with van der Waals surface area (Å²) in [5.41, 5.74) is 9.01. The molecular formula is C14H19N. The van der Waals surface area contributed by atoms with Crippen molar-refractivity contribution in [2.75, 3.05) is 5.73 Å². The average Bonchev–Trinajstić information content (AvgIpc) is 2.99. The first-order valence-corrected chi connectivity index (χ1v) is 6.13. The number of nitrogens with two attached hydrogens (primary N) is 1. The lowest BCUT2D eigenvalue weighted by Gasteiger charge is -2.28. The summed E-state index contributed by atoms with van der Waals surface area (Å²) in [6.45, 7) is 0. The lowest BCUT2D eigenvalue weighted by Crippen LogP contribution is -2.13. The summed E-state index contributed by atoms with van der Waals surface area (Å²) < 4.78 is 0. The van der Waals surface area contributed by atoms with Crippen LogP contribution in [0.5, 0.6) is 0 Å². The van der Waals surface area contributed by atoms with Crippen LogP contribution in [-0.2, 0) is 0 Å². The zero-order valence-corrected chi connectivity index (χ0v) is 9.21. The average molecular weight is 201 g/mol. The van der Waals surface area contributed by atoms with Crippen LogP contribution in [0.2, 0.25) is 0 Å². The van der Waals surface area contributed by atoms with Gasteiger partial charge in [0.25, 0.3) is 0 Å². The fourth-order valence-electron chi connectivity index (χ4n) is 3.05. The van der Waals surface area contributed by atoms with Crippen LogP contribution < -0.4 is 5.73 Å². The Kier molecular flexibility index (Phi) is 2.01. The third kappa shape index (κ3) is 1.75. The number of benzene rings is 1. The molecule has 1 spiro atoms. The van der Waals surface area contributed by atoms with Gasteiger partial charge in [0.15, 0.2) is 0 Å². The molecule has 0 amide bonds. The van der Waals surface area contributed by atoms with Gasteiger partial charge in [-0.3, -0.25) is 0 Å². The van der Waals surface area contributed by atoms with Gasteiger partial charge in [0, 0.05) is 5.69 Å². The zero-order valence-electron chi connectivity index (χ0n) is 9.21. The van der Waals surface area contributed by atoms with Crippen LogP contribution in [0.15, 0.2) is 24.3 Å². The Morgan fingerprint density at radius 3 is 2.40 bits per heavy atom. The number of hydrogen-bond donors (Lipinski definition) is 1. The second-order valence-electron chi connectivity index (χ2n) is 5.44. The maximum atomic E-state index is 5.83. The zero-order chi connectivity index (χ0) is 10.3. The standard InChI is InChI=1S/C14H19N/c15-13-3-1-2-12(10-13)11-4-6-14(7-5-11)8-9-14/h1-3,10-11H,4-9,15H2. The van der Waals surface area contributed by atoms with E-state index in [1.165, 1.54) is 44.1 Å². The molecule has 0 unspecified atom stereocenters. The normalized spacial score (nSPS) is 24.3. The molecule has 1 nitrogen and oxygen atoms in total. The molecule has 0 radical (unpaired) electrons. The van der Waals surface area contributed by atoms with Gasteiger partial charge in [0.1, 0.15) is 0 Å². The highest BCUT2D eigenvalue weighted by atomic mass is 14.5. The maximum absolute atomic E-state index is 5.83. The van der Waals surface area contributed by atoms with Crippen molar-refractivity contribution in [3.8, 4) is 0 Å². The van der Waals surface area contributed by atoms with E-state index in [1.807, 2.05) is 6.07 Å². The van der Waals surface area contributed by atoms with Crippen molar-refractivity contribution in [3.05, 3.63) is 29.8 Å². The molecule has 80 valence electrons. The first-order chi connectivity index (χ1) is 7.27. The minimum Gasteiger partial charge on any atom is -0.399 e. The molecular weight excluding hydrogens is 182 g/mol. The third-order valence-electron chi connectivity index (χ3n) is 4.39. The minimum absolute atomic E-state index is 0.778. The Morgan fingerprint density at radius 2 is 1.80 bits per heavy atom. The van der Waals surface area contributed by atoms with Crippen LogP contribution in [0.25, 0.3) is 0 Å². The molecule has 3 rings (SSSR count). The summed E-state index contributed by atoms with van der Waals surface area (Å²) in [4.78, 5) is 0. The molecule has 0 heterocycles. The highest BCUT2D eigenvalue weighted by Crippen LogP contribution is 2.58. The molecule has 0 saturated heterocycles. The van der Waals surface area contributed by atoms with Crippen LogP contribution in [-0.4, -0.2) is 0 Å². The summed E-state index contributed by atoms with van der Waals surface area (Å²) >= 11 is 0. The van der Waals surface area contributed by atoms with Crippen molar-refractivity contribution < 1.29 is 0 Å². The van der Waals surface area contributed by atoms with Gasteiger partial charge in [0.2, 0.25) is 0 Å². The molecule has 0 aliphatic heterocycles. The van der Waals surface area contributed by atoms with Crippen molar-refractivity contribution in [1.29, 1.82) is 0 Å². The monoisotopic (exact) mass is 201 g/mol. The van der Waals surface area contributed by atoms with Crippen LogP contribution in [0.3, 0.4) is 0 Å². The Balaban J connectivity index is 1.73. The molecule has 15 heavy (non-hydrogen) atoms. The van der Waals surface area contributed by atoms with Gasteiger partial charge in [-0.25, -0.2) is 0 Å². The predicted molar refractivity (Wildman–Crippen MR) is 63.7 cm³/mol. The molecule has 2 N–H and O–H groups in total. The molecule has 2 fully saturated rings. The Hall–Kier alpha value is -0.980. The van der Waals surface area contributed by atoms with Gasteiger partial charge in [0.05, 0.1) is 0 Å². The second-order valence-corrected chi connectivity index (χ2v) is 5.44. The van der Waals surface area contributed by atoms with Crippen molar-refractivity contribution >= 4 is 5.69 Å². The van der Waals surface area contributed by atoms with E-state index in [1.54, 1.807) is 0 Å². The van der Waals surface area contributed by atoms with Crippen LogP contribution in [0, 0.1) is 5.41 Å². The molecule has 2 aliphatic carbocycles. The van der Waals surface area contributed by atoms with Crippen LogP contribution in [0.4, 0.5) is 5.69 Å². The van der Waals surface area contributed by atoms with E-state index < -0.39 is 0 Å². The smallest absolute Gasteiger partial charge is 0.0316 e. The fraction of sp³-hybridized carbons (Fsp3) is 0.571. The van der Waals surface area contributed by atoms with E-state index in [9.17, 15) is 0 Å². The minimum atomic E-state index is 0.778. The topological polar surface area (TPSA) is 26.0 Å². The van der Waals surface area contributed by atoms with Crippen molar-refractivity contribution in [1.82, 2.24) is 0 Å². The van der Waals surface area contributed by atoms with Gasteiger partial charge in [-0.05, 0) is 67.6 Å². The quantitative estimate of drug-likeness (QED) is 0.689. The van der Waals surface area contributed by atoms with Crippen LogP contribution >= 0.6 is 0 Å². The van der Waals surface area contributed by atoms with E-state index in [4.69, 9.17) is 5.73 Å². The molecule has 0 atom stereocenters. The van der Waals surface area contributed by atoms with E-state index in [-0.39, 0.29) is 0 Å². The second kappa shape index (κ2) is 3.26. The van der Waals surface area contributed by atoms with Crippen molar-refractivity contribution in [2.24, 2.45) is 5.41 Å². The van der Waals surface area contributed by atoms with Gasteiger partial charge in [-0.2, -0.15) is 0 Å². The van der Waals surface area contributed by atoms with Crippen LogP contribution in [0.1, 0.15) is 50.0 Å². The number of hydrogen-bond acceptors (Lipinski definition) is 1. The molecule has 1 heteroatoms. The van der Waals surface area contributed by atoms with Gasteiger partial charge < -0.3 is 5.73 Å². The van der Waals surface area contributed by atoms with E-state index in [0.29, 0.717) is 0 Å². The van der Waals surface area contributed by atoms with E-state index in [0.717, 1.165) is 17.0 Å². The number of rotatable bonds is 1. The highest BCUT2D eigenvalue weighted by Gasteiger charge is 2.44. The molecule has 0 aromatic heterocycles. The van der Waals surface area contributed by atoms with Gasteiger partial charge in [-0.15, -0.1) is 0 Å². The summed E-state index contributed by atoms with van der Waals surface area (Å²) in [6, 6.07) is 8.47. The maximum Gasteiger partial charge on any atom is 0.0316 e. The summed E-state index contributed by atoms with van der Waals surface area (Å²) in [6.07, 6.45) is 8.65. The third-order valence-corrected chi connectivity index (χ3v) is 4.39. The number of nitrogen functional groups attached to an aromatic ring is 1. The summed E-state index contributed by atoms with van der Waals surface area (Å²) in [5.74, 6) is 0.778. The van der Waals surface area contributed by atoms with Gasteiger partial charge in [-0.1, -0.05) is 12.1 Å². The largest absolute Gasteiger partial charge is 0.399 e. The predicted octanol–water partition coefficient (Wildman–Crippen LogP) is 3.71. The molecule has 2 aliphatic rings. The SMILES string of the molecule is Nc1cccc(C2CCC3(CC2)CC3)c1. The lowest BCUT2D eigenvalue weighted by molar-refractivity contribution is 0.306. The number of anilines is 1. The molecule has 2 saturated carbocycles. The van der Waals surface area contributed by atoms with Crippen molar-refractivity contribution in [2.45, 2.75) is 44.4 Å². The Bertz CT molecular complexity index is 355. The van der Waals surface area contributed by atoms with E-state index in [2.05, 4.69) is 18.2 Å². The van der Waals surface area contributed by atoms with Gasteiger partial charge >= 0.3 is 0 Å². The Labute approximate surface area is 91.7 Å². The summed E-state index contributed by atoms with van der Waals surface area (Å²) in [7, 11) is 0. The van der Waals surface area contributed by atoms with Crippen molar-refractivity contribution in [3.63, 3.8) is 0 Å². The first kappa shape index (κ1) is 9.26. The Morgan fingerprint density at radius 1 is 1.07 bits per heavy atom. The first-order valence-electron chi connectivity index (χ1n) is 6.13. The molecule has 1 aromatic carbocycles. The molecule has 1 aromatic rings.